The molecule has 0 saturated heterocycles. The van der Waals surface area contributed by atoms with Gasteiger partial charge in [-0.15, -0.1) is 0 Å². The van der Waals surface area contributed by atoms with Gasteiger partial charge in [0.2, 0.25) is 0 Å². The maximum atomic E-state index is 11.9. The number of para-hydroxylation sites is 1. The molecule has 0 fully saturated rings. The molecule has 0 aliphatic carbocycles. The van der Waals surface area contributed by atoms with Gasteiger partial charge in [-0.05, 0) is 24.3 Å². The van der Waals surface area contributed by atoms with Crippen molar-refractivity contribution in [2.75, 3.05) is 13.2 Å². The lowest BCUT2D eigenvalue weighted by Crippen LogP contribution is -2.37. The van der Waals surface area contributed by atoms with Gasteiger partial charge in [-0.3, -0.25) is 10.0 Å². The predicted octanol–water partition coefficient (Wildman–Crippen LogP) is 1.96. The summed E-state index contributed by atoms with van der Waals surface area (Å²) in [5.74, 6) is 0.0600. The molecule has 0 saturated carbocycles. The zero-order chi connectivity index (χ0) is 15.1. The van der Waals surface area contributed by atoms with Gasteiger partial charge in [0, 0.05) is 5.56 Å². The first kappa shape index (κ1) is 15.0. The number of aliphatic hydroxyl groups excluding tert-OH is 1. The fourth-order valence-electron chi connectivity index (χ4n) is 1.77. The lowest BCUT2D eigenvalue weighted by atomic mass is 10.2. The van der Waals surface area contributed by atoms with Crippen molar-refractivity contribution in [2.24, 2.45) is 0 Å². The fraction of sp³-hybridized carbons (Fsp3) is 0.188. The van der Waals surface area contributed by atoms with Gasteiger partial charge in [0.15, 0.2) is 0 Å². The van der Waals surface area contributed by atoms with Crippen LogP contribution in [0, 0.1) is 0 Å². The highest BCUT2D eigenvalue weighted by Crippen LogP contribution is 2.09. The van der Waals surface area contributed by atoms with Crippen molar-refractivity contribution in [3.8, 4) is 5.75 Å². The molecule has 2 aromatic carbocycles. The van der Waals surface area contributed by atoms with Crippen LogP contribution in [0.1, 0.15) is 10.4 Å². The van der Waals surface area contributed by atoms with Crippen molar-refractivity contribution in [2.45, 2.75) is 6.10 Å². The van der Waals surface area contributed by atoms with Gasteiger partial charge < -0.3 is 9.84 Å². The number of amides is 1. The van der Waals surface area contributed by atoms with Gasteiger partial charge in [0.1, 0.15) is 18.5 Å². The predicted molar refractivity (Wildman–Crippen MR) is 77.2 cm³/mol. The van der Waals surface area contributed by atoms with E-state index in [9.17, 15) is 15.1 Å². The van der Waals surface area contributed by atoms with Crippen LogP contribution in [0.3, 0.4) is 0 Å². The average molecular weight is 287 g/mol. The molecular formula is C16H17NO4. The number of hydrogen-bond donors (Lipinski definition) is 2. The Balaban J connectivity index is 1.82. The largest absolute Gasteiger partial charge is 0.491 e. The van der Waals surface area contributed by atoms with Crippen molar-refractivity contribution in [1.29, 1.82) is 0 Å². The minimum atomic E-state index is -0.983. The molecule has 5 nitrogen and oxygen atoms in total. The Morgan fingerprint density at radius 3 is 2.24 bits per heavy atom. The summed E-state index contributed by atoms with van der Waals surface area (Å²) in [6.45, 7) is -0.232. The second-order valence-corrected chi connectivity index (χ2v) is 4.53. The number of carbonyl (C=O) groups excluding carboxylic acids is 1. The van der Waals surface area contributed by atoms with Crippen LogP contribution in [0.2, 0.25) is 0 Å². The van der Waals surface area contributed by atoms with Crippen LogP contribution < -0.4 is 4.74 Å². The van der Waals surface area contributed by atoms with Crippen molar-refractivity contribution in [3.05, 3.63) is 66.2 Å². The van der Waals surface area contributed by atoms with Crippen LogP contribution in [0.15, 0.2) is 60.7 Å². The van der Waals surface area contributed by atoms with Gasteiger partial charge in [-0.1, -0.05) is 36.4 Å². The Kier molecular flexibility index (Phi) is 5.31. The molecule has 1 atom stereocenters. The van der Waals surface area contributed by atoms with Crippen molar-refractivity contribution < 1.29 is 19.8 Å². The molecule has 2 N–H and O–H groups in total. The maximum absolute atomic E-state index is 11.9. The number of rotatable bonds is 6. The second-order valence-electron chi connectivity index (χ2n) is 4.53. The van der Waals surface area contributed by atoms with E-state index in [0.717, 1.165) is 0 Å². The minimum Gasteiger partial charge on any atom is -0.491 e. The number of hydroxylamine groups is 2. The molecule has 0 spiro atoms. The Bertz CT molecular complexity index is 559. The first-order valence-electron chi connectivity index (χ1n) is 6.58. The Hall–Kier alpha value is -2.37. The summed E-state index contributed by atoms with van der Waals surface area (Å²) >= 11 is 0. The van der Waals surface area contributed by atoms with Gasteiger partial charge in [-0.25, -0.2) is 5.06 Å². The number of hydrogen-bond acceptors (Lipinski definition) is 4. The molecule has 0 heterocycles. The summed E-state index contributed by atoms with van der Waals surface area (Å²) in [7, 11) is 0. The number of benzene rings is 2. The van der Waals surface area contributed by atoms with Gasteiger partial charge >= 0.3 is 0 Å². The molecule has 2 rings (SSSR count). The molecular weight excluding hydrogens is 270 g/mol. The standard InChI is InChI=1S/C16H17NO4/c18-14(12-21-15-9-5-2-6-10-15)11-17(20)16(19)13-7-3-1-4-8-13/h1-10,14,18,20H,11-12H2/t14-/m0/s1. The number of ether oxygens (including phenoxy) is 1. The zero-order valence-electron chi connectivity index (χ0n) is 11.4. The highest BCUT2D eigenvalue weighted by Gasteiger charge is 2.17. The van der Waals surface area contributed by atoms with E-state index >= 15 is 0 Å². The van der Waals surface area contributed by atoms with Gasteiger partial charge in [-0.2, -0.15) is 0 Å². The van der Waals surface area contributed by atoms with Crippen molar-refractivity contribution in [3.63, 3.8) is 0 Å². The van der Waals surface area contributed by atoms with E-state index in [-0.39, 0.29) is 13.2 Å². The van der Waals surface area contributed by atoms with Crippen molar-refractivity contribution >= 4 is 5.91 Å². The van der Waals surface area contributed by atoms with E-state index in [4.69, 9.17) is 4.74 Å². The van der Waals surface area contributed by atoms with E-state index in [1.807, 2.05) is 18.2 Å². The van der Waals surface area contributed by atoms with Gasteiger partial charge in [0.05, 0.1) is 6.54 Å². The molecule has 0 aliphatic rings. The first-order chi connectivity index (χ1) is 10.2. The molecule has 0 aliphatic heterocycles. The van der Waals surface area contributed by atoms with Crippen LogP contribution in [-0.2, 0) is 0 Å². The summed E-state index contributed by atoms with van der Waals surface area (Å²) in [6.07, 6.45) is -0.983. The number of nitrogens with zero attached hydrogens (tertiary/aromatic N) is 1. The summed E-state index contributed by atoms with van der Waals surface area (Å²) in [6, 6.07) is 17.4. The average Bonchev–Trinajstić information content (AvgIpc) is 2.54. The van der Waals surface area contributed by atoms with Crippen LogP contribution in [0.5, 0.6) is 5.75 Å². The van der Waals surface area contributed by atoms with Crippen LogP contribution in [0.4, 0.5) is 0 Å². The van der Waals surface area contributed by atoms with Gasteiger partial charge in [0.25, 0.3) is 5.91 Å². The monoisotopic (exact) mass is 287 g/mol. The second kappa shape index (κ2) is 7.42. The highest BCUT2D eigenvalue weighted by atomic mass is 16.5. The number of carbonyl (C=O) groups is 1. The minimum absolute atomic E-state index is 0.0108. The van der Waals surface area contributed by atoms with E-state index in [1.54, 1.807) is 42.5 Å². The summed E-state index contributed by atoms with van der Waals surface area (Å²) in [5.41, 5.74) is 0.358. The summed E-state index contributed by atoms with van der Waals surface area (Å²) in [5, 5.41) is 20.0. The smallest absolute Gasteiger partial charge is 0.277 e. The van der Waals surface area contributed by atoms with E-state index in [2.05, 4.69) is 0 Å². The molecule has 2 aromatic rings. The highest BCUT2D eigenvalue weighted by molar-refractivity contribution is 5.93. The van der Waals surface area contributed by atoms with Crippen LogP contribution in [-0.4, -0.2) is 40.5 Å². The molecule has 0 bridgehead atoms. The fourth-order valence-corrected chi connectivity index (χ4v) is 1.77. The number of aliphatic hydroxyl groups is 1. The van der Waals surface area contributed by atoms with E-state index < -0.39 is 12.0 Å². The quantitative estimate of drug-likeness (QED) is 0.629. The van der Waals surface area contributed by atoms with Crippen LogP contribution in [0.25, 0.3) is 0 Å². The normalized spacial score (nSPS) is 11.7. The Morgan fingerprint density at radius 2 is 1.62 bits per heavy atom. The maximum Gasteiger partial charge on any atom is 0.277 e. The van der Waals surface area contributed by atoms with Crippen LogP contribution >= 0.6 is 0 Å². The molecule has 5 heteroatoms. The molecule has 21 heavy (non-hydrogen) atoms. The molecule has 0 aromatic heterocycles. The Labute approximate surface area is 123 Å². The zero-order valence-corrected chi connectivity index (χ0v) is 11.4. The molecule has 1 amide bonds. The third kappa shape index (κ3) is 4.59. The third-order valence-electron chi connectivity index (χ3n) is 2.82. The third-order valence-corrected chi connectivity index (χ3v) is 2.82. The molecule has 0 radical (unpaired) electrons. The topological polar surface area (TPSA) is 70.0 Å². The van der Waals surface area contributed by atoms with E-state index in [0.29, 0.717) is 16.4 Å². The SMILES string of the molecule is O=C(c1ccccc1)N(O)C[C@H](O)COc1ccccc1. The van der Waals surface area contributed by atoms with Crippen molar-refractivity contribution in [1.82, 2.24) is 5.06 Å². The lowest BCUT2D eigenvalue weighted by molar-refractivity contribution is -0.0842. The molecule has 0 unspecified atom stereocenters. The summed E-state index contributed by atoms with van der Waals surface area (Å²) in [4.78, 5) is 11.9. The first-order valence-corrected chi connectivity index (χ1v) is 6.58. The summed E-state index contributed by atoms with van der Waals surface area (Å²) < 4.78 is 5.36. The van der Waals surface area contributed by atoms with E-state index in [1.165, 1.54) is 0 Å². The lowest BCUT2D eigenvalue weighted by Gasteiger charge is -2.19. The Morgan fingerprint density at radius 1 is 1.05 bits per heavy atom. The molecule has 110 valence electrons.